The average molecular weight is 168 g/mol. The summed E-state index contributed by atoms with van der Waals surface area (Å²) in [4.78, 5) is 0. The first kappa shape index (κ1) is 9.26. The van der Waals surface area contributed by atoms with E-state index in [2.05, 4.69) is 10.2 Å². The minimum Gasteiger partial charge on any atom is -0.381 e. The van der Waals surface area contributed by atoms with Gasteiger partial charge in [-0.3, -0.25) is 5.10 Å². The normalized spacial score (nSPS) is 10.6. The van der Waals surface area contributed by atoms with E-state index in [1.165, 1.54) is 5.56 Å². The molecule has 1 N–H and O–H groups in total. The van der Waals surface area contributed by atoms with Gasteiger partial charge in [-0.15, -0.1) is 0 Å². The van der Waals surface area contributed by atoms with E-state index in [9.17, 15) is 0 Å². The second-order valence-corrected chi connectivity index (χ2v) is 2.86. The zero-order valence-electron chi connectivity index (χ0n) is 7.98. The van der Waals surface area contributed by atoms with Gasteiger partial charge >= 0.3 is 0 Å². The maximum Gasteiger partial charge on any atom is 0.0626 e. The number of hydrogen-bond donors (Lipinski definition) is 1. The Morgan fingerprint density at radius 1 is 1.42 bits per heavy atom. The smallest absolute Gasteiger partial charge is 0.0626 e. The monoisotopic (exact) mass is 168 g/mol. The summed E-state index contributed by atoms with van der Waals surface area (Å²) in [7, 11) is 0. The van der Waals surface area contributed by atoms with Gasteiger partial charge in [0, 0.05) is 12.3 Å². The third-order valence-corrected chi connectivity index (χ3v) is 1.98. The van der Waals surface area contributed by atoms with Crippen molar-refractivity contribution in [2.24, 2.45) is 0 Å². The fraction of sp³-hybridized carbons (Fsp3) is 0.667. The van der Waals surface area contributed by atoms with E-state index in [1.807, 2.05) is 20.8 Å². The van der Waals surface area contributed by atoms with Crippen LogP contribution in [-0.4, -0.2) is 23.4 Å². The summed E-state index contributed by atoms with van der Waals surface area (Å²) >= 11 is 0. The quantitative estimate of drug-likeness (QED) is 0.693. The van der Waals surface area contributed by atoms with Crippen molar-refractivity contribution >= 4 is 0 Å². The summed E-state index contributed by atoms with van der Waals surface area (Å²) in [5, 5.41) is 7.07. The highest BCUT2D eigenvalue weighted by molar-refractivity contribution is 5.23. The highest BCUT2D eigenvalue weighted by Crippen LogP contribution is 2.09. The number of aromatic nitrogens is 2. The average Bonchev–Trinajstić information content (AvgIpc) is 2.35. The molecule has 0 spiro atoms. The molecule has 0 radical (unpaired) electrons. The van der Waals surface area contributed by atoms with E-state index in [0.29, 0.717) is 0 Å². The minimum absolute atomic E-state index is 0.788. The third kappa shape index (κ3) is 2.08. The van der Waals surface area contributed by atoms with Gasteiger partial charge in [-0.05, 0) is 32.8 Å². The standard InChI is InChI=1S/C9H16N2O/c1-4-12-6-5-9-7(2)10-11-8(9)3/h4-6H2,1-3H3,(H,10,11). The molecule has 1 heterocycles. The molecule has 0 aromatic carbocycles. The summed E-state index contributed by atoms with van der Waals surface area (Å²) in [5.41, 5.74) is 3.54. The van der Waals surface area contributed by atoms with E-state index >= 15 is 0 Å². The van der Waals surface area contributed by atoms with Gasteiger partial charge in [-0.1, -0.05) is 0 Å². The topological polar surface area (TPSA) is 37.9 Å². The van der Waals surface area contributed by atoms with Crippen LogP contribution in [0.4, 0.5) is 0 Å². The highest BCUT2D eigenvalue weighted by Gasteiger charge is 2.04. The number of nitrogens with zero attached hydrogens (tertiary/aromatic N) is 1. The molecular formula is C9H16N2O. The molecule has 68 valence electrons. The lowest BCUT2D eigenvalue weighted by molar-refractivity contribution is 0.150. The van der Waals surface area contributed by atoms with Crippen LogP contribution in [0.5, 0.6) is 0 Å². The second-order valence-electron chi connectivity index (χ2n) is 2.86. The molecule has 12 heavy (non-hydrogen) atoms. The summed E-state index contributed by atoms with van der Waals surface area (Å²) in [5.74, 6) is 0. The molecule has 1 aromatic rings. The van der Waals surface area contributed by atoms with E-state index in [1.54, 1.807) is 0 Å². The van der Waals surface area contributed by atoms with Crippen LogP contribution in [0.25, 0.3) is 0 Å². The summed E-state index contributed by atoms with van der Waals surface area (Å²) in [6.45, 7) is 7.65. The second kappa shape index (κ2) is 4.26. The number of H-pyrrole nitrogens is 1. The van der Waals surface area contributed by atoms with Crippen LogP contribution in [0.1, 0.15) is 23.9 Å². The highest BCUT2D eigenvalue weighted by atomic mass is 16.5. The molecule has 0 saturated heterocycles. The molecular weight excluding hydrogens is 152 g/mol. The Morgan fingerprint density at radius 3 is 2.67 bits per heavy atom. The maximum absolute atomic E-state index is 5.28. The Kier molecular flexibility index (Phi) is 3.29. The number of nitrogens with one attached hydrogen (secondary N) is 1. The van der Waals surface area contributed by atoms with Gasteiger partial charge in [0.2, 0.25) is 0 Å². The lowest BCUT2D eigenvalue weighted by Gasteiger charge is -2.00. The number of rotatable bonds is 4. The van der Waals surface area contributed by atoms with Gasteiger partial charge < -0.3 is 4.74 Å². The van der Waals surface area contributed by atoms with Crippen LogP contribution in [0.2, 0.25) is 0 Å². The van der Waals surface area contributed by atoms with E-state index < -0.39 is 0 Å². The number of hydrogen-bond acceptors (Lipinski definition) is 2. The summed E-state index contributed by atoms with van der Waals surface area (Å²) in [6.07, 6.45) is 0.960. The van der Waals surface area contributed by atoms with Crippen LogP contribution in [0.3, 0.4) is 0 Å². The summed E-state index contributed by atoms with van der Waals surface area (Å²) in [6, 6.07) is 0. The van der Waals surface area contributed by atoms with Crippen LogP contribution < -0.4 is 0 Å². The Balaban J connectivity index is 2.50. The van der Waals surface area contributed by atoms with Crippen LogP contribution >= 0.6 is 0 Å². The summed E-state index contributed by atoms with van der Waals surface area (Å²) < 4.78 is 5.28. The van der Waals surface area contributed by atoms with Gasteiger partial charge in [0.25, 0.3) is 0 Å². The number of aromatic amines is 1. The van der Waals surface area contributed by atoms with Gasteiger partial charge in [-0.25, -0.2) is 0 Å². The van der Waals surface area contributed by atoms with E-state index in [4.69, 9.17) is 4.74 Å². The first-order valence-corrected chi connectivity index (χ1v) is 4.34. The Labute approximate surface area is 73.1 Å². The predicted octanol–water partition coefficient (Wildman–Crippen LogP) is 1.61. The van der Waals surface area contributed by atoms with Crippen molar-refractivity contribution in [2.45, 2.75) is 27.2 Å². The molecule has 0 fully saturated rings. The van der Waals surface area contributed by atoms with Crippen molar-refractivity contribution in [1.82, 2.24) is 10.2 Å². The fourth-order valence-electron chi connectivity index (χ4n) is 1.26. The number of aryl methyl sites for hydroxylation is 2. The SMILES string of the molecule is CCOCCc1c(C)n[nH]c1C. The van der Waals surface area contributed by atoms with Crippen molar-refractivity contribution in [3.63, 3.8) is 0 Å². The molecule has 0 saturated carbocycles. The third-order valence-electron chi connectivity index (χ3n) is 1.98. The molecule has 3 nitrogen and oxygen atoms in total. The van der Waals surface area contributed by atoms with Crippen LogP contribution in [-0.2, 0) is 11.2 Å². The zero-order chi connectivity index (χ0) is 8.97. The van der Waals surface area contributed by atoms with Crippen molar-refractivity contribution < 1.29 is 4.74 Å². The molecule has 1 aromatic heterocycles. The van der Waals surface area contributed by atoms with E-state index in [0.717, 1.165) is 31.0 Å². The molecule has 1 rings (SSSR count). The molecule has 0 bridgehead atoms. The molecule has 3 heteroatoms. The first-order valence-electron chi connectivity index (χ1n) is 4.34. The van der Waals surface area contributed by atoms with Crippen molar-refractivity contribution in [3.05, 3.63) is 17.0 Å². The fourth-order valence-corrected chi connectivity index (χ4v) is 1.26. The molecule has 0 aliphatic rings. The minimum atomic E-state index is 0.788. The largest absolute Gasteiger partial charge is 0.381 e. The first-order chi connectivity index (χ1) is 5.75. The van der Waals surface area contributed by atoms with Crippen molar-refractivity contribution in [1.29, 1.82) is 0 Å². The van der Waals surface area contributed by atoms with Crippen molar-refractivity contribution in [2.75, 3.05) is 13.2 Å². The zero-order valence-corrected chi connectivity index (χ0v) is 7.98. The van der Waals surface area contributed by atoms with Gasteiger partial charge in [0.05, 0.1) is 12.3 Å². The van der Waals surface area contributed by atoms with Gasteiger partial charge in [0.1, 0.15) is 0 Å². The van der Waals surface area contributed by atoms with Gasteiger partial charge in [-0.2, -0.15) is 5.10 Å². The maximum atomic E-state index is 5.28. The Bertz CT molecular complexity index is 223. The van der Waals surface area contributed by atoms with Gasteiger partial charge in [0.15, 0.2) is 0 Å². The number of ether oxygens (including phenoxy) is 1. The Morgan fingerprint density at radius 2 is 2.17 bits per heavy atom. The van der Waals surface area contributed by atoms with Crippen LogP contribution in [0.15, 0.2) is 0 Å². The molecule has 0 aliphatic heterocycles. The molecule has 0 atom stereocenters. The predicted molar refractivity (Wildman–Crippen MR) is 48.3 cm³/mol. The lowest BCUT2D eigenvalue weighted by Crippen LogP contribution is -1.99. The molecule has 0 unspecified atom stereocenters. The molecule has 0 aliphatic carbocycles. The molecule has 0 amide bonds. The van der Waals surface area contributed by atoms with E-state index in [-0.39, 0.29) is 0 Å². The Hall–Kier alpha value is -0.830. The van der Waals surface area contributed by atoms with Crippen LogP contribution in [0, 0.1) is 13.8 Å². The lowest BCUT2D eigenvalue weighted by atomic mass is 10.1. The van der Waals surface area contributed by atoms with Crippen molar-refractivity contribution in [3.8, 4) is 0 Å².